The normalized spacial score (nSPS) is 16.1. The van der Waals surface area contributed by atoms with Crippen molar-refractivity contribution in [3.8, 4) is 11.3 Å². The van der Waals surface area contributed by atoms with E-state index in [1.54, 1.807) is 12.3 Å². The number of pyridine rings is 1. The molecule has 2 heterocycles. The maximum absolute atomic E-state index is 5.68. The summed E-state index contributed by atoms with van der Waals surface area (Å²) in [4.78, 5) is 12.5. The molecule has 0 radical (unpaired) electrons. The lowest BCUT2D eigenvalue weighted by Crippen LogP contribution is -2.12. The molecule has 2 aromatic rings. The Hall–Kier alpha value is -2.17. The SMILES string of the molecule is CC1(CNc2cc(-c3cc(N)ncn3)ccn2)CC1. The fourth-order valence-electron chi connectivity index (χ4n) is 1.91. The van der Waals surface area contributed by atoms with Crippen molar-refractivity contribution in [3.05, 3.63) is 30.7 Å². The van der Waals surface area contributed by atoms with Crippen molar-refractivity contribution in [1.82, 2.24) is 15.0 Å². The van der Waals surface area contributed by atoms with Crippen LogP contribution in [0.5, 0.6) is 0 Å². The van der Waals surface area contributed by atoms with E-state index in [0.717, 1.165) is 23.6 Å². The Morgan fingerprint density at radius 1 is 1.26 bits per heavy atom. The second-order valence-electron chi connectivity index (χ2n) is 5.42. The van der Waals surface area contributed by atoms with Crippen LogP contribution in [0.1, 0.15) is 19.8 Å². The second-order valence-corrected chi connectivity index (χ2v) is 5.42. The van der Waals surface area contributed by atoms with Crippen molar-refractivity contribution in [2.75, 3.05) is 17.6 Å². The van der Waals surface area contributed by atoms with E-state index in [1.165, 1.54) is 19.2 Å². The van der Waals surface area contributed by atoms with Gasteiger partial charge in [-0.05, 0) is 30.4 Å². The molecule has 0 amide bonds. The number of anilines is 2. The molecule has 0 saturated heterocycles. The van der Waals surface area contributed by atoms with Gasteiger partial charge in [-0.15, -0.1) is 0 Å². The van der Waals surface area contributed by atoms with Gasteiger partial charge in [0, 0.05) is 24.4 Å². The maximum Gasteiger partial charge on any atom is 0.127 e. The minimum Gasteiger partial charge on any atom is -0.384 e. The molecule has 0 aliphatic heterocycles. The maximum atomic E-state index is 5.68. The monoisotopic (exact) mass is 255 g/mol. The van der Waals surface area contributed by atoms with Gasteiger partial charge >= 0.3 is 0 Å². The molecule has 98 valence electrons. The van der Waals surface area contributed by atoms with Gasteiger partial charge in [0.25, 0.3) is 0 Å². The van der Waals surface area contributed by atoms with Crippen molar-refractivity contribution < 1.29 is 0 Å². The zero-order valence-corrected chi connectivity index (χ0v) is 10.9. The minimum absolute atomic E-state index is 0.455. The topological polar surface area (TPSA) is 76.7 Å². The van der Waals surface area contributed by atoms with Gasteiger partial charge in [-0.25, -0.2) is 15.0 Å². The fraction of sp³-hybridized carbons (Fsp3) is 0.357. The van der Waals surface area contributed by atoms with Crippen LogP contribution >= 0.6 is 0 Å². The van der Waals surface area contributed by atoms with Crippen LogP contribution in [0.2, 0.25) is 0 Å². The number of aromatic nitrogens is 3. The van der Waals surface area contributed by atoms with E-state index in [2.05, 4.69) is 27.2 Å². The van der Waals surface area contributed by atoms with Crippen LogP contribution in [0.3, 0.4) is 0 Å². The molecular formula is C14H17N5. The van der Waals surface area contributed by atoms with Gasteiger partial charge in [-0.1, -0.05) is 6.92 Å². The molecule has 0 aromatic carbocycles. The minimum atomic E-state index is 0.455. The first-order valence-corrected chi connectivity index (χ1v) is 6.43. The summed E-state index contributed by atoms with van der Waals surface area (Å²) in [6.07, 6.45) is 5.85. The van der Waals surface area contributed by atoms with Gasteiger partial charge < -0.3 is 11.1 Å². The van der Waals surface area contributed by atoms with Crippen LogP contribution in [0, 0.1) is 5.41 Å². The molecule has 1 saturated carbocycles. The van der Waals surface area contributed by atoms with E-state index in [1.807, 2.05) is 12.1 Å². The van der Waals surface area contributed by atoms with E-state index >= 15 is 0 Å². The molecule has 0 spiro atoms. The van der Waals surface area contributed by atoms with Crippen molar-refractivity contribution >= 4 is 11.6 Å². The molecule has 2 aromatic heterocycles. The summed E-state index contributed by atoms with van der Waals surface area (Å²) >= 11 is 0. The van der Waals surface area contributed by atoms with Gasteiger partial charge in [0.2, 0.25) is 0 Å². The quantitative estimate of drug-likeness (QED) is 0.876. The largest absolute Gasteiger partial charge is 0.384 e. The molecule has 3 rings (SSSR count). The van der Waals surface area contributed by atoms with Gasteiger partial charge in [0.1, 0.15) is 18.0 Å². The van der Waals surface area contributed by atoms with E-state index in [0.29, 0.717) is 11.2 Å². The smallest absolute Gasteiger partial charge is 0.127 e. The molecule has 0 unspecified atom stereocenters. The summed E-state index contributed by atoms with van der Waals surface area (Å²) in [6.45, 7) is 3.25. The first kappa shape index (κ1) is 11.9. The third-order valence-corrected chi connectivity index (χ3v) is 3.54. The van der Waals surface area contributed by atoms with Gasteiger partial charge in [-0.3, -0.25) is 0 Å². The summed E-state index contributed by atoms with van der Waals surface area (Å²) in [7, 11) is 0. The standard InChI is InChI=1S/C14H17N5/c1-14(3-4-14)8-17-13-6-10(2-5-16-13)11-7-12(15)19-9-18-11/h2,5-7,9H,3-4,8H2,1H3,(H,16,17)(H2,15,18,19). The van der Waals surface area contributed by atoms with E-state index in [9.17, 15) is 0 Å². The van der Waals surface area contributed by atoms with Crippen molar-refractivity contribution in [3.63, 3.8) is 0 Å². The summed E-state index contributed by atoms with van der Waals surface area (Å²) in [5.41, 5.74) is 7.94. The number of rotatable bonds is 4. The Kier molecular flexibility index (Phi) is 2.81. The molecule has 1 fully saturated rings. The van der Waals surface area contributed by atoms with Gasteiger partial charge in [0.15, 0.2) is 0 Å². The Morgan fingerprint density at radius 2 is 2.11 bits per heavy atom. The van der Waals surface area contributed by atoms with Gasteiger partial charge in [0.05, 0.1) is 5.69 Å². The number of nitrogens with two attached hydrogens (primary N) is 1. The third-order valence-electron chi connectivity index (χ3n) is 3.54. The lowest BCUT2D eigenvalue weighted by Gasteiger charge is -2.11. The average Bonchev–Trinajstić information content (AvgIpc) is 3.16. The highest BCUT2D eigenvalue weighted by molar-refractivity contribution is 5.64. The highest BCUT2D eigenvalue weighted by Gasteiger charge is 2.36. The van der Waals surface area contributed by atoms with Crippen LogP contribution in [-0.2, 0) is 0 Å². The predicted octanol–water partition coefficient (Wildman–Crippen LogP) is 2.33. The number of hydrogen-bond donors (Lipinski definition) is 2. The third kappa shape index (κ3) is 2.81. The van der Waals surface area contributed by atoms with Crippen LogP contribution in [0.4, 0.5) is 11.6 Å². The van der Waals surface area contributed by atoms with Crippen LogP contribution < -0.4 is 11.1 Å². The van der Waals surface area contributed by atoms with Crippen LogP contribution in [-0.4, -0.2) is 21.5 Å². The highest BCUT2D eigenvalue weighted by Crippen LogP contribution is 2.44. The number of hydrogen-bond acceptors (Lipinski definition) is 5. The summed E-state index contributed by atoms with van der Waals surface area (Å²) in [6, 6.07) is 5.68. The zero-order chi connectivity index (χ0) is 13.3. The van der Waals surface area contributed by atoms with Crippen LogP contribution in [0.15, 0.2) is 30.7 Å². The molecule has 0 bridgehead atoms. The fourth-order valence-corrected chi connectivity index (χ4v) is 1.91. The van der Waals surface area contributed by atoms with E-state index in [-0.39, 0.29) is 0 Å². The summed E-state index contributed by atoms with van der Waals surface area (Å²) in [5, 5.41) is 3.39. The van der Waals surface area contributed by atoms with Crippen LogP contribution in [0.25, 0.3) is 11.3 Å². The van der Waals surface area contributed by atoms with E-state index < -0.39 is 0 Å². The molecule has 5 heteroatoms. The average molecular weight is 255 g/mol. The first-order chi connectivity index (χ1) is 9.15. The second kappa shape index (κ2) is 4.50. The Balaban J connectivity index is 1.79. The molecule has 19 heavy (non-hydrogen) atoms. The van der Waals surface area contributed by atoms with Crippen molar-refractivity contribution in [2.24, 2.45) is 5.41 Å². The molecule has 0 atom stereocenters. The lowest BCUT2D eigenvalue weighted by molar-refractivity contribution is 0.609. The molecule has 3 N–H and O–H groups in total. The number of nitrogens with zero attached hydrogens (tertiary/aromatic N) is 3. The van der Waals surface area contributed by atoms with Crippen molar-refractivity contribution in [1.29, 1.82) is 0 Å². The Morgan fingerprint density at radius 3 is 2.84 bits per heavy atom. The Labute approximate surface area is 112 Å². The Bertz CT molecular complexity index is 592. The molecule has 1 aliphatic carbocycles. The molecule has 5 nitrogen and oxygen atoms in total. The van der Waals surface area contributed by atoms with Crippen molar-refractivity contribution in [2.45, 2.75) is 19.8 Å². The summed E-state index contributed by atoms with van der Waals surface area (Å²) < 4.78 is 0. The lowest BCUT2D eigenvalue weighted by atomic mass is 10.1. The predicted molar refractivity (Wildman–Crippen MR) is 75.5 cm³/mol. The number of nitrogens with one attached hydrogen (secondary N) is 1. The molecule has 1 aliphatic rings. The van der Waals surface area contributed by atoms with E-state index in [4.69, 9.17) is 5.73 Å². The summed E-state index contributed by atoms with van der Waals surface area (Å²) in [5.74, 6) is 1.35. The highest BCUT2D eigenvalue weighted by atomic mass is 15.0. The zero-order valence-electron chi connectivity index (χ0n) is 10.9. The number of nitrogen functional groups attached to an aromatic ring is 1. The molecular weight excluding hydrogens is 238 g/mol. The first-order valence-electron chi connectivity index (χ1n) is 6.43. The van der Waals surface area contributed by atoms with Gasteiger partial charge in [-0.2, -0.15) is 0 Å².